The molecule has 1 atom stereocenters. The van der Waals surface area contributed by atoms with E-state index in [0.29, 0.717) is 17.7 Å². The first kappa shape index (κ1) is 14.9. The van der Waals surface area contributed by atoms with Gasteiger partial charge in [-0.05, 0) is 31.5 Å². The molecule has 0 saturated heterocycles. The number of hydrogen-bond donors (Lipinski definition) is 1. The molecule has 0 saturated carbocycles. The minimum atomic E-state index is -0.303. The molecular weight excluding hydrogens is 229 g/mol. The summed E-state index contributed by atoms with van der Waals surface area (Å²) in [7, 11) is 1.55. The monoisotopic (exact) mass is 245 g/mol. The van der Waals surface area contributed by atoms with Gasteiger partial charge in [0.05, 0.1) is 7.11 Å². The average Bonchev–Trinajstić information content (AvgIpc) is 2.16. The number of hydrogen-bond acceptors (Lipinski definition) is 2. The van der Waals surface area contributed by atoms with E-state index in [-0.39, 0.29) is 24.3 Å². The number of ether oxygens (including phenoxy) is 1. The first-order chi connectivity index (χ1) is 7.04. The molecule has 0 fully saturated rings. The number of nitrogens with two attached hydrogens (primary N) is 1. The fraction of sp³-hybridized carbons (Fsp3) is 0.333. The standard InChI is InChI=1S/C12H16FNO.ClH/c1-8(2)6-11(14)10-7-9(13)4-5-12(10)15-3;/h4-5,7,11H,1,6,14H2,2-3H3;1H/t11-;/m1./s1. The van der Waals surface area contributed by atoms with E-state index in [1.54, 1.807) is 13.2 Å². The second-order valence-corrected chi connectivity index (χ2v) is 3.65. The van der Waals surface area contributed by atoms with Crippen LogP contribution in [0.3, 0.4) is 0 Å². The Hall–Kier alpha value is -1.06. The Bertz CT molecular complexity index is 368. The van der Waals surface area contributed by atoms with Crippen molar-refractivity contribution < 1.29 is 9.13 Å². The summed E-state index contributed by atoms with van der Waals surface area (Å²) in [6, 6.07) is 4.08. The zero-order valence-electron chi connectivity index (χ0n) is 9.50. The van der Waals surface area contributed by atoms with Crippen molar-refractivity contribution in [1.29, 1.82) is 0 Å². The van der Waals surface area contributed by atoms with Crippen molar-refractivity contribution in [1.82, 2.24) is 0 Å². The highest BCUT2D eigenvalue weighted by Gasteiger charge is 2.12. The van der Waals surface area contributed by atoms with Crippen LogP contribution in [-0.4, -0.2) is 7.11 Å². The second kappa shape index (κ2) is 6.51. The molecule has 0 aliphatic rings. The van der Waals surface area contributed by atoms with Gasteiger partial charge in [0, 0.05) is 11.6 Å². The van der Waals surface area contributed by atoms with Crippen molar-refractivity contribution in [2.45, 2.75) is 19.4 Å². The Morgan fingerprint density at radius 2 is 2.19 bits per heavy atom. The van der Waals surface area contributed by atoms with Gasteiger partial charge in [-0.2, -0.15) is 0 Å². The molecule has 4 heteroatoms. The van der Waals surface area contributed by atoms with E-state index in [2.05, 4.69) is 6.58 Å². The van der Waals surface area contributed by atoms with E-state index in [9.17, 15) is 4.39 Å². The lowest BCUT2D eigenvalue weighted by Gasteiger charge is -2.15. The normalized spacial score (nSPS) is 11.5. The zero-order valence-corrected chi connectivity index (χ0v) is 10.3. The SMILES string of the molecule is C=C(C)C[C@@H](N)c1cc(F)ccc1OC.Cl. The molecule has 1 aromatic rings. The zero-order chi connectivity index (χ0) is 11.4. The maximum Gasteiger partial charge on any atom is 0.123 e. The van der Waals surface area contributed by atoms with E-state index < -0.39 is 0 Å². The van der Waals surface area contributed by atoms with Gasteiger partial charge in [-0.15, -0.1) is 19.0 Å². The van der Waals surface area contributed by atoms with E-state index in [4.69, 9.17) is 10.5 Å². The fourth-order valence-electron chi connectivity index (χ4n) is 1.48. The van der Waals surface area contributed by atoms with Gasteiger partial charge in [0.15, 0.2) is 0 Å². The van der Waals surface area contributed by atoms with Gasteiger partial charge in [0.2, 0.25) is 0 Å². The molecule has 16 heavy (non-hydrogen) atoms. The molecule has 90 valence electrons. The third-order valence-corrected chi connectivity index (χ3v) is 2.16. The first-order valence-corrected chi connectivity index (χ1v) is 4.78. The van der Waals surface area contributed by atoms with Gasteiger partial charge in [-0.3, -0.25) is 0 Å². The Morgan fingerprint density at radius 3 is 2.69 bits per heavy atom. The third kappa shape index (κ3) is 3.83. The summed E-state index contributed by atoms with van der Waals surface area (Å²) in [4.78, 5) is 0. The van der Waals surface area contributed by atoms with Crippen LogP contribution in [-0.2, 0) is 0 Å². The predicted molar refractivity (Wildman–Crippen MR) is 66.6 cm³/mol. The highest BCUT2D eigenvalue weighted by Crippen LogP contribution is 2.27. The van der Waals surface area contributed by atoms with Crippen molar-refractivity contribution in [3.63, 3.8) is 0 Å². The summed E-state index contributed by atoms with van der Waals surface area (Å²) in [6.45, 7) is 5.68. The van der Waals surface area contributed by atoms with Crippen LogP contribution in [0.1, 0.15) is 24.9 Å². The molecule has 1 aromatic carbocycles. The molecule has 0 aromatic heterocycles. The summed E-state index contributed by atoms with van der Waals surface area (Å²) < 4.78 is 18.2. The van der Waals surface area contributed by atoms with Gasteiger partial charge < -0.3 is 10.5 Å². The summed E-state index contributed by atoms with van der Waals surface area (Å²) in [5.41, 5.74) is 7.58. The highest BCUT2D eigenvalue weighted by atomic mass is 35.5. The quantitative estimate of drug-likeness (QED) is 0.827. The highest BCUT2D eigenvalue weighted by molar-refractivity contribution is 5.85. The largest absolute Gasteiger partial charge is 0.496 e. The van der Waals surface area contributed by atoms with Crippen LogP contribution in [0.25, 0.3) is 0 Å². The van der Waals surface area contributed by atoms with Crippen LogP contribution in [0.4, 0.5) is 4.39 Å². The predicted octanol–water partition coefficient (Wildman–Crippen LogP) is 3.22. The molecule has 0 bridgehead atoms. The number of methoxy groups -OCH3 is 1. The maximum absolute atomic E-state index is 13.0. The van der Waals surface area contributed by atoms with Gasteiger partial charge >= 0.3 is 0 Å². The van der Waals surface area contributed by atoms with Gasteiger partial charge in [-0.25, -0.2) is 4.39 Å². The molecule has 0 aliphatic heterocycles. The van der Waals surface area contributed by atoms with Crippen LogP contribution in [0.15, 0.2) is 30.4 Å². The summed E-state index contributed by atoms with van der Waals surface area (Å²) in [5, 5.41) is 0. The Morgan fingerprint density at radius 1 is 1.56 bits per heavy atom. The van der Waals surface area contributed by atoms with Crippen LogP contribution in [0, 0.1) is 5.82 Å². The van der Waals surface area contributed by atoms with Crippen molar-refractivity contribution in [3.8, 4) is 5.75 Å². The van der Waals surface area contributed by atoms with Crippen LogP contribution >= 0.6 is 12.4 Å². The molecule has 2 nitrogen and oxygen atoms in total. The fourth-order valence-corrected chi connectivity index (χ4v) is 1.48. The smallest absolute Gasteiger partial charge is 0.123 e. The lowest BCUT2D eigenvalue weighted by atomic mass is 10.0. The lowest BCUT2D eigenvalue weighted by Crippen LogP contribution is -2.12. The van der Waals surface area contributed by atoms with Crippen LogP contribution < -0.4 is 10.5 Å². The minimum absolute atomic E-state index is 0. The minimum Gasteiger partial charge on any atom is -0.496 e. The van der Waals surface area contributed by atoms with E-state index in [1.807, 2.05) is 6.92 Å². The van der Waals surface area contributed by atoms with Crippen molar-refractivity contribution in [2.24, 2.45) is 5.73 Å². The summed E-state index contributed by atoms with van der Waals surface area (Å²) in [6.07, 6.45) is 0.625. The lowest BCUT2D eigenvalue weighted by molar-refractivity contribution is 0.404. The molecule has 2 N–H and O–H groups in total. The molecule has 0 aliphatic carbocycles. The van der Waals surface area contributed by atoms with E-state index in [1.165, 1.54) is 12.1 Å². The molecule has 0 heterocycles. The van der Waals surface area contributed by atoms with E-state index >= 15 is 0 Å². The molecule has 0 amide bonds. The molecule has 0 radical (unpaired) electrons. The molecule has 1 rings (SSSR count). The number of benzene rings is 1. The topological polar surface area (TPSA) is 35.2 Å². The van der Waals surface area contributed by atoms with Crippen molar-refractivity contribution in [2.75, 3.05) is 7.11 Å². The van der Waals surface area contributed by atoms with Gasteiger partial charge in [0.1, 0.15) is 11.6 Å². The summed E-state index contributed by atoms with van der Waals surface area (Å²) >= 11 is 0. The van der Waals surface area contributed by atoms with Crippen molar-refractivity contribution in [3.05, 3.63) is 41.7 Å². The first-order valence-electron chi connectivity index (χ1n) is 4.78. The Balaban J connectivity index is 0.00000225. The maximum atomic E-state index is 13.0. The summed E-state index contributed by atoms with van der Waals surface area (Å²) in [5.74, 6) is 0.313. The number of halogens is 2. The molecular formula is C12H17ClFNO. The number of rotatable bonds is 4. The Kier molecular flexibility index (Phi) is 6.08. The third-order valence-electron chi connectivity index (χ3n) is 2.16. The van der Waals surface area contributed by atoms with Crippen LogP contribution in [0.2, 0.25) is 0 Å². The molecule has 0 unspecified atom stereocenters. The van der Waals surface area contributed by atoms with Gasteiger partial charge in [0.25, 0.3) is 0 Å². The molecule has 0 spiro atoms. The Labute approximate surface area is 102 Å². The van der Waals surface area contributed by atoms with E-state index in [0.717, 1.165) is 5.57 Å². The van der Waals surface area contributed by atoms with Gasteiger partial charge in [-0.1, -0.05) is 5.57 Å². The van der Waals surface area contributed by atoms with Crippen molar-refractivity contribution >= 4 is 12.4 Å². The average molecular weight is 246 g/mol. The second-order valence-electron chi connectivity index (χ2n) is 3.65. The van der Waals surface area contributed by atoms with Crippen LogP contribution in [0.5, 0.6) is 5.75 Å².